The van der Waals surface area contributed by atoms with E-state index in [4.69, 9.17) is 14.2 Å². The minimum absolute atomic E-state index is 0.116. The number of hydrogen-bond donors (Lipinski definition) is 1. The highest BCUT2D eigenvalue weighted by Crippen LogP contribution is 2.47. The Morgan fingerprint density at radius 2 is 1.65 bits per heavy atom. The molecule has 7 nitrogen and oxygen atoms in total. The molecular formula is C34H37F2NO6. The summed E-state index contributed by atoms with van der Waals surface area (Å²) in [6.07, 6.45) is 0.0166. The van der Waals surface area contributed by atoms with Crippen molar-refractivity contribution in [3.8, 4) is 22.6 Å². The average molecular weight is 594 g/mol. The van der Waals surface area contributed by atoms with Gasteiger partial charge in [0.25, 0.3) is 5.91 Å². The van der Waals surface area contributed by atoms with E-state index >= 15 is 4.39 Å². The van der Waals surface area contributed by atoms with Crippen LogP contribution in [0.4, 0.5) is 8.78 Å². The molecule has 0 unspecified atom stereocenters. The number of benzene rings is 3. The van der Waals surface area contributed by atoms with Crippen LogP contribution in [-0.2, 0) is 29.0 Å². The van der Waals surface area contributed by atoms with Gasteiger partial charge in [-0.15, -0.1) is 0 Å². The number of ether oxygens (including phenoxy) is 3. The Bertz CT molecular complexity index is 1640. The maximum Gasteiger partial charge on any atom is 0.337 e. The monoisotopic (exact) mass is 593 g/mol. The van der Waals surface area contributed by atoms with Gasteiger partial charge in [-0.2, -0.15) is 0 Å². The molecule has 0 fully saturated rings. The molecule has 228 valence electrons. The molecule has 5 rings (SSSR count). The van der Waals surface area contributed by atoms with Crippen LogP contribution in [0.1, 0.15) is 82.6 Å². The molecule has 3 aromatic carbocycles. The molecule has 1 amide bonds. The molecule has 2 heterocycles. The highest BCUT2D eigenvalue weighted by Gasteiger charge is 2.38. The first kappa shape index (κ1) is 30.5. The Balaban J connectivity index is 1.73. The van der Waals surface area contributed by atoms with Crippen LogP contribution < -0.4 is 9.47 Å². The zero-order valence-corrected chi connectivity index (χ0v) is 25.6. The van der Waals surface area contributed by atoms with Crippen molar-refractivity contribution in [3.63, 3.8) is 0 Å². The highest BCUT2D eigenvalue weighted by molar-refractivity contribution is 5.95. The van der Waals surface area contributed by atoms with Crippen LogP contribution in [-0.4, -0.2) is 41.2 Å². The molecule has 0 aliphatic carbocycles. The Morgan fingerprint density at radius 3 is 2.28 bits per heavy atom. The highest BCUT2D eigenvalue weighted by atomic mass is 19.1. The van der Waals surface area contributed by atoms with E-state index in [-0.39, 0.29) is 24.4 Å². The maximum absolute atomic E-state index is 15.6. The Hall–Kier alpha value is -3.98. The van der Waals surface area contributed by atoms with Crippen molar-refractivity contribution >= 4 is 11.9 Å². The molecule has 2 aliphatic heterocycles. The molecule has 2 aliphatic rings. The number of hydrogen-bond acceptors (Lipinski definition) is 5. The predicted octanol–water partition coefficient (Wildman–Crippen LogP) is 6.99. The molecule has 1 N–H and O–H groups in total. The molecule has 9 heteroatoms. The van der Waals surface area contributed by atoms with Gasteiger partial charge in [0, 0.05) is 24.2 Å². The van der Waals surface area contributed by atoms with Crippen molar-refractivity contribution < 1.29 is 37.7 Å². The Labute approximate surface area is 250 Å². The molecule has 0 spiro atoms. The van der Waals surface area contributed by atoms with Crippen molar-refractivity contribution in [1.82, 2.24) is 4.90 Å². The molecule has 0 radical (unpaired) electrons. The quantitative estimate of drug-likeness (QED) is 0.332. The predicted molar refractivity (Wildman–Crippen MR) is 158 cm³/mol. The van der Waals surface area contributed by atoms with Gasteiger partial charge in [0.1, 0.15) is 11.6 Å². The number of rotatable bonds is 6. The number of carboxylic acids is 1. The number of amides is 1. The standard InChI is InChI=1S/C34H37F2NO6/c1-17-21-9-8-12-42-30(21)27(36)14-22(17)28-18(2)24-15-37(32(38)23-13-20(41-7)10-11-26(23)35)16-25(24)19(3)29(28)31(33(39)40)43-34(4,5)6/h10-11,13-14,31H,8-9,12,15-16H2,1-7H3,(H,39,40)/t31-/m0/s1. The molecule has 0 bridgehead atoms. The minimum atomic E-state index is -1.37. The Kier molecular flexibility index (Phi) is 7.98. The number of carboxylic acid groups (broad SMARTS) is 1. The van der Waals surface area contributed by atoms with Gasteiger partial charge in [0.15, 0.2) is 17.7 Å². The van der Waals surface area contributed by atoms with Crippen molar-refractivity contribution in [2.24, 2.45) is 0 Å². The summed E-state index contributed by atoms with van der Waals surface area (Å²) in [7, 11) is 1.44. The lowest BCUT2D eigenvalue weighted by Crippen LogP contribution is -2.29. The van der Waals surface area contributed by atoms with E-state index < -0.39 is 35.2 Å². The summed E-state index contributed by atoms with van der Waals surface area (Å²) in [6, 6.07) is 5.43. The van der Waals surface area contributed by atoms with Gasteiger partial charge in [-0.1, -0.05) is 0 Å². The molecular weight excluding hydrogens is 556 g/mol. The number of aliphatic carboxylic acids is 1. The van der Waals surface area contributed by atoms with Crippen LogP contribution in [0.25, 0.3) is 11.1 Å². The lowest BCUT2D eigenvalue weighted by Gasteiger charge is -2.31. The molecule has 0 aromatic heterocycles. The zero-order valence-electron chi connectivity index (χ0n) is 25.6. The summed E-state index contributed by atoms with van der Waals surface area (Å²) in [5.74, 6) is -2.26. The normalized spacial score (nSPS) is 15.0. The van der Waals surface area contributed by atoms with Crippen LogP contribution in [0.5, 0.6) is 11.5 Å². The first-order chi connectivity index (χ1) is 20.2. The molecule has 1 atom stereocenters. The van der Waals surface area contributed by atoms with Crippen LogP contribution in [0.2, 0.25) is 0 Å². The lowest BCUT2D eigenvalue weighted by molar-refractivity contribution is -0.160. The summed E-state index contributed by atoms with van der Waals surface area (Å²) < 4.78 is 47.4. The summed E-state index contributed by atoms with van der Waals surface area (Å²) in [5, 5.41) is 10.5. The second kappa shape index (κ2) is 11.3. The van der Waals surface area contributed by atoms with E-state index in [1.807, 2.05) is 20.8 Å². The summed E-state index contributed by atoms with van der Waals surface area (Å²) in [6.45, 7) is 11.7. The molecule has 0 saturated heterocycles. The average Bonchev–Trinajstić information content (AvgIpc) is 3.42. The number of carbonyl (C=O) groups is 2. The SMILES string of the molecule is COc1ccc(F)c(C(=O)N2Cc3c(C)c(-c4cc(F)c5c(c4C)CCCO5)c([C@H](OC(C)(C)C)C(=O)O)c(C)c3C2)c1. The lowest BCUT2D eigenvalue weighted by atomic mass is 9.81. The van der Waals surface area contributed by atoms with Crippen LogP contribution in [0.15, 0.2) is 24.3 Å². The van der Waals surface area contributed by atoms with Gasteiger partial charge in [-0.3, -0.25) is 4.79 Å². The largest absolute Gasteiger partial charge is 0.497 e. The van der Waals surface area contributed by atoms with Gasteiger partial charge < -0.3 is 24.2 Å². The van der Waals surface area contributed by atoms with Crippen molar-refractivity contribution in [1.29, 1.82) is 0 Å². The second-order valence-electron chi connectivity index (χ2n) is 12.2. The van der Waals surface area contributed by atoms with E-state index in [1.54, 1.807) is 20.8 Å². The first-order valence-electron chi connectivity index (χ1n) is 14.4. The van der Waals surface area contributed by atoms with E-state index in [0.29, 0.717) is 41.0 Å². The third kappa shape index (κ3) is 5.46. The summed E-state index contributed by atoms with van der Waals surface area (Å²) in [5.41, 5.74) is 5.15. The van der Waals surface area contributed by atoms with Crippen molar-refractivity contribution in [2.75, 3.05) is 13.7 Å². The first-order valence-corrected chi connectivity index (χ1v) is 14.4. The summed E-state index contributed by atoms with van der Waals surface area (Å²) in [4.78, 5) is 28.0. The maximum atomic E-state index is 15.6. The number of fused-ring (bicyclic) bond motifs is 2. The van der Waals surface area contributed by atoms with Crippen LogP contribution >= 0.6 is 0 Å². The fourth-order valence-electron chi connectivity index (χ4n) is 6.31. The number of nitrogens with zero attached hydrogens (tertiary/aromatic N) is 1. The van der Waals surface area contributed by atoms with Gasteiger partial charge in [-0.05, 0) is 118 Å². The van der Waals surface area contributed by atoms with Gasteiger partial charge >= 0.3 is 5.97 Å². The van der Waals surface area contributed by atoms with E-state index in [9.17, 15) is 19.1 Å². The number of carbonyl (C=O) groups excluding carboxylic acids is 1. The van der Waals surface area contributed by atoms with Gasteiger partial charge in [0.05, 0.1) is 24.9 Å². The molecule has 43 heavy (non-hydrogen) atoms. The molecule has 3 aromatic rings. The summed E-state index contributed by atoms with van der Waals surface area (Å²) >= 11 is 0. The second-order valence-corrected chi connectivity index (χ2v) is 12.2. The number of halogens is 2. The number of methoxy groups -OCH3 is 1. The van der Waals surface area contributed by atoms with E-state index in [2.05, 4.69) is 0 Å². The fraction of sp³-hybridized carbons (Fsp3) is 0.412. The Morgan fingerprint density at radius 1 is 0.977 bits per heavy atom. The minimum Gasteiger partial charge on any atom is -0.497 e. The van der Waals surface area contributed by atoms with Crippen LogP contribution in [0.3, 0.4) is 0 Å². The van der Waals surface area contributed by atoms with Crippen molar-refractivity contribution in [2.45, 2.75) is 79.2 Å². The molecule has 0 saturated carbocycles. The van der Waals surface area contributed by atoms with Crippen molar-refractivity contribution in [3.05, 3.63) is 80.4 Å². The fourth-order valence-corrected chi connectivity index (χ4v) is 6.31. The zero-order chi connectivity index (χ0) is 31.4. The van der Waals surface area contributed by atoms with E-state index in [1.165, 1.54) is 36.3 Å². The van der Waals surface area contributed by atoms with Gasteiger partial charge in [-0.25, -0.2) is 13.6 Å². The van der Waals surface area contributed by atoms with E-state index in [0.717, 1.165) is 34.2 Å². The third-order valence-corrected chi connectivity index (χ3v) is 8.37. The van der Waals surface area contributed by atoms with Crippen LogP contribution in [0, 0.1) is 32.4 Å². The van der Waals surface area contributed by atoms with Gasteiger partial charge in [0.2, 0.25) is 0 Å². The topological polar surface area (TPSA) is 85.3 Å². The third-order valence-electron chi connectivity index (χ3n) is 8.37. The smallest absolute Gasteiger partial charge is 0.337 e.